The third kappa shape index (κ3) is 3.90. The molecule has 0 radical (unpaired) electrons. The summed E-state index contributed by atoms with van der Waals surface area (Å²) >= 11 is 0. The number of rotatable bonds is 3. The number of hydrogen-bond donors (Lipinski definition) is 0. The number of benzene rings is 9. The topological polar surface area (TPSA) is 9.23 Å². The van der Waals surface area contributed by atoms with E-state index in [0.29, 0.717) is 5.56 Å². The van der Waals surface area contributed by atoms with Crippen molar-refractivity contribution in [1.82, 2.24) is 0 Å². The van der Waals surface area contributed by atoms with Gasteiger partial charge in [-0.25, -0.2) is 0 Å². The average Bonchev–Trinajstić information content (AvgIpc) is 3.18. The van der Waals surface area contributed by atoms with Crippen LogP contribution in [0.25, 0.3) is 87.6 Å². The first-order chi connectivity index (χ1) is 25.4. The number of ether oxygens (including phenoxy) is 1. The number of fused-ring (bicyclic) bond motifs is 5. The largest absolute Gasteiger partial charge is 0.456 e. The standard InChI is InChI=1S/C46H28O/c1-2-12-29(13-3-1)32-26-27-41(34-17-5-4-16-33(32)34)46-39-20-8-6-18-37(39)44(38-19-7-9-21-40(38)46)31-24-25-35-36-22-10-14-30-15-11-23-42(45(30)36)47-43(35)28-31/h1-28H/i1D,2D,3D,12D,13D. The zero-order chi connectivity index (χ0) is 35.2. The van der Waals surface area contributed by atoms with Crippen LogP contribution >= 0.6 is 0 Å². The first-order valence-electron chi connectivity index (χ1n) is 18.3. The third-order valence-electron chi connectivity index (χ3n) is 9.54. The van der Waals surface area contributed by atoms with E-state index in [1.54, 1.807) is 0 Å². The minimum absolute atomic E-state index is 0.201. The first-order valence-corrected chi connectivity index (χ1v) is 15.8. The first kappa shape index (κ1) is 21.5. The summed E-state index contributed by atoms with van der Waals surface area (Å²) in [6.45, 7) is 0. The lowest BCUT2D eigenvalue weighted by atomic mass is 9.83. The van der Waals surface area contributed by atoms with Crippen LogP contribution in [0.5, 0.6) is 11.5 Å². The molecule has 0 fully saturated rings. The Kier molecular flexibility index (Phi) is 4.66. The molecule has 0 aliphatic carbocycles. The zero-order valence-corrected chi connectivity index (χ0v) is 25.2. The molecule has 9 aromatic rings. The molecule has 1 aliphatic heterocycles. The molecule has 0 aromatic heterocycles. The molecule has 0 amide bonds. The maximum atomic E-state index is 8.73. The van der Waals surface area contributed by atoms with Gasteiger partial charge in [-0.05, 0) is 94.8 Å². The van der Waals surface area contributed by atoms with Crippen molar-refractivity contribution in [3.63, 3.8) is 0 Å². The van der Waals surface area contributed by atoms with Gasteiger partial charge in [0.2, 0.25) is 0 Å². The van der Waals surface area contributed by atoms with Gasteiger partial charge in [0.1, 0.15) is 11.5 Å². The fourth-order valence-corrected chi connectivity index (χ4v) is 7.57. The highest BCUT2D eigenvalue weighted by atomic mass is 16.5. The van der Waals surface area contributed by atoms with E-state index in [-0.39, 0.29) is 29.7 Å². The molecule has 0 saturated heterocycles. The van der Waals surface area contributed by atoms with Gasteiger partial charge < -0.3 is 4.74 Å². The molecule has 47 heavy (non-hydrogen) atoms. The van der Waals surface area contributed by atoms with E-state index in [4.69, 9.17) is 11.6 Å². The highest BCUT2D eigenvalue weighted by molar-refractivity contribution is 6.24. The summed E-state index contributed by atoms with van der Waals surface area (Å²) in [5, 5.41) is 8.43. The van der Waals surface area contributed by atoms with E-state index in [2.05, 4.69) is 97.1 Å². The molecular formula is C46H28O. The molecule has 1 aliphatic rings. The van der Waals surface area contributed by atoms with Gasteiger partial charge in [0.15, 0.2) is 0 Å². The lowest BCUT2D eigenvalue weighted by Crippen LogP contribution is -1.98. The van der Waals surface area contributed by atoms with Crippen molar-refractivity contribution in [3.8, 4) is 56.0 Å². The van der Waals surface area contributed by atoms with E-state index >= 15 is 0 Å². The minimum atomic E-state index is -0.398. The van der Waals surface area contributed by atoms with Crippen LogP contribution in [0, 0.1) is 0 Å². The van der Waals surface area contributed by atoms with Gasteiger partial charge in [-0.3, -0.25) is 0 Å². The maximum absolute atomic E-state index is 8.73. The van der Waals surface area contributed by atoms with Gasteiger partial charge >= 0.3 is 0 Å². The van der Waals surface area contributed by atoms with Crippen molar-refractivity contribution < 1.29 is 11.6 Å². The van der Waals surface area contributed by atoms with Crippen molar-refractivity contribution in [1.29, 1.82) is 0 Å². The van der Waals surface area contributed by atoms with Crippen LogP contribution in [-0.4, -0.2) is 0 Å². The molecule has 9 aromatic carbocycles. The Morgan fingerprint density at radius 1 is 0.383 bits per heavy atom. The molecule has 1 heterocycles. The summed E-state index contributed by atoms with van der Waals surface area (Å²) in [6.07, 6.45) is 0. The predicted octanol–water partition coefficient (Wildman–Crippen LogP) is 13.1. The molecule has 1 heteroatoms. The van der Waals surface area contributed by atoms with Crippen LogP contribution in [0.2, 0.25) is 0 Å². The second kappa shape index (κ2) is 10.2. The van der Waals surface area contributed by atoms with Crippen molar-refractivity contribution in [2.75, 3.05) is 0 Å². The fraction of sp³-hybridized carbons (Fsp3) is 0. The molecule has 0 saturated carbocycles. The summed E-state index contributed by atoms with van der Waals surface area (Å²) in [5.74, 6) is 1.69. The second-order valence-corrected chi connectivity index (χ2v) is 12.0. The summed E-state index contributed by atoms with van der Waals surface area (Å²) < 4.78 is 48.9. The second-order valence-electron chi connectivity index (χ2n) is 12.0. The van der Waals surface area contributed by atoms with Crippen LogP contribution in [-0.2, 0) is 0 Å². The molecule has 218 valence electrons. The summed E-state index contributed by atoms with van der Waals surface area (Å²) in [4.78, 5) is 0. The Morgan fingerprint density at radius 2 is 0.957 bits per heavy atom. The number of hydrogen-bond acceptors (Lipinski definition) is 1. The van der Waals surface area contributed by atoms with Gasteiger partial charge in [0, 0.05) is 10.9 Å². The Labute approximate surface area is 280 Å². The average molecular weight is 602 g/mol. The van der Waals surface area contributed by atoms with Crippen LogP contribution in [0.15, 0.2) is 170 Å². The summed E-state index contributed by atoms with van der Waals surface area (Å²) in [7, 11) is 0. The van der Waals surface area contributed by atoms with E-state index in [1.807, 2.05) is 42.5 Å². The van der Waals surface area contributed by atoms with Gasteiger partial charge in [-0.1, -0.05) is 152 Å². The van der Waals surface area contributed by atoms with Crippen LogP contribution in [0.3, 0.4) is 0 Å². The minimum Gasteiger partial charge on any atom is -0.456 e. The smallest absolute Gasteiger partial charge is 0.135 e. The molecule has 0 atom stereocenters. The molecule has 1 nitrogen and oxygen atoms in total. The van der Waals surface area contributed by atoms with Gasteiger partial charge in [-0.2, -0.15) is 0 Å². The normalized spacial score (nSPS) is 13.5. The lowest BCUT2D eigenvalue weighted by molar-refractivity contribution is 0.487. The highest BCUT2D eigenvalue weighted by Gasteiger charge is 2.23. The van der Waals surface area contributed by atoms with Gasteiger partial charge in [0.05, 0.1) is 6.85 Å². The van der Waals surface area contributed by atoms with Crippen molar-refractivity contribution >= 4 is 43.1 Å². The lowest BCUT2D eigenvalue weighted by Gasteiger charge is -2.23. The quantitative estimate of drug-likeness (QED) is 0.183. The molecular weight excluding hydrogens is 569 g/mol. The van der Waals surface area contributed by atoms with E-state index in [1.165, 1.54) is 5.56 Å². The Morgan fingerprint density at radius 3 is 1.66 bits per heavy atom. The van der Waals surface area contributed by atoms with E-state index < -0.39 is 6.04 Å². The molecule has 0 bridgehead atoms. The predicted molar refractivity (Wildman–Crippen MR) is 198 cm³/mol. The fourth-order valence-electron chi connectivity index (χ4n) is 7.57. The van der Waals surface area contributed by atoms with Crippen molar-refractivity contribution in [3.05, 3.63) is 170 Å². The SMILES string of the molecule is [2H]c1c([2H])c([2H])c(-c2ccc(-c3c4ccccc4c(-c4ccc5c(c4)Oc4cccc6cccc-5c46)c4ccccc34)c3ccccc23)c([2H])c1[2H]. The van der Waals surface area contributed by atoms with E-state index in [0.717, 1.165) is 82.4 Å². The molecule has 0 spiro atoms. The zero-order valence-electron chi connectivity index (χ0n) is 30.2. The van der Waals surface area contributed by atoms with Crippen LogP contribution in [0.1, 0.15) is 6.85 Å². The monoisotopic (exact) mass is 601 g/mol. The Bertz CT molecular complexity index is 2910. The van der Waals surface area contributed by atoms with E-state index in [9.17, 15) is 0 Å². The third-order valence-corrected chi connectivity index (χ3v) is 9.54. The Balaban J connectivity index is 1.23. The van der Waals surface area contributed by atoms with Gasteiger partial charge in [0.25, 0.3) is 0 Å². The van der Waals surface area contributed by atoms with Crippen molar-refractivity contribution in [2.45, 2.75) is 0 Å². The van der Waals surface area contributed by atoms with Crippen LogP contribution in [0.4, 0.5) is 0 Å². The molecule has 10 rings (SSSR count). The van der Waals surface area contributed by atoms with Crippen LogP contribution < -0.4 is 4.74 Å². The molecule has 0 unspecified atom stereocenters. The summed E-state index contributed by atoms with van der Waals surface area (Å²) in [6, 6.07) is 46.5. The highest BCUT2D eigenvalue weighted by Crippen LogP contribution is 2.50. The molecule has 0 N–H and O–H groups in total. The maximum Gasteiger partial charge on any atom is 0.135 e. The van der Waals surface area contributed by atoms with Gasteiger partial charge in [-0.15, -0.1) is 0 Å². The Hall–Kier alpha value is -6.18. The van der Waals surface area contributed by atoms with Crippen molar-refractivity contribution in [2.24, 2.45) is 0 Å². The summed E-state index contributed by atoms with van der Waals surface area (Å²) in [5.41, 5.74) is 7.32.